The van der Waals surface area contributed by atoms with Gasteiger partial charge in [0.1, 0.15) is 11.5 Å². The standard InChI is InChI=1S/C23H26FN3O/c1-16-7-10-26(11-8-16)23(28)14-19(18-5-3-4-6-20(18)24)21-15-25-22-13-17(2)9-12-27(21)22/h3-6,9,12-13,15-16,19H,7-8,10-11,14H2,1-2H3. The van der Waals surface area contributed by atoms with Crippen molar-refractivity contribution in [1.82, 2.24) is 14.3 Å². The highest BCUT2D eigenvalue weighted by Crippen LogP contribution is 2.32. The third-order valence-corrected chi connectivity index (χ3v) is 5.85. The normalized spacial score (nSPS) is 16.5. The zero-order valence-corrected chi connectivity index (χ0v) is 16.4. The molecule has 4 rings (SSSR count). The quantitative estimate of drug-likeness (QED) is 0.666. The Morgan fingerprint density at radius 2 is 2.00 bits per heavy atom. The summed E-state index contributed by atoms with van der Waals surface area (Å²) in [4.78, 5) is 19.5. The number of benzene rings is 1. The second-order valence-electron chi connectivity index (χ2n) is 7.96. The van der Waals surface area contributed by atoms with E-state index in [0.717, 1.165) is 42.8 Å². The maximum atomic E-state index is 14.7. The van der Waals surface area contributed by atoms with Gasteiger partial charge in [0.05, 0.1) is 5.69 Å². The fourth-order valence-electron chi connectivity index (χ4n) is 4.05. The molecule has 1 atom stereocenters. The van der Waals surface area contributed by atoms with Crippen molar-refractivity contribution < 1.29 is 9.18 Å². The van der Waals surface area contributed by atoms with Gasteiger partial charge in [-0.25, -0.2) is 9.37 Å². The van der Waals surface area contributed by atoms with Gasteiger partial charge in [-0.2, -0.15) is 0 Å². The summed E-state index contributed by atoms with van der Waals surface area (Å²) in [7, 11) is 0. The largest absolute Gasteiger partial charge is 0.343 e. The third kappa shape index (κ3) is 3.66. The van der Waals surface area contributed by atoms with E-state index in [9.17, 15) is 9.18 Å². The minimum absolute atomic E-state index is 0.0854. The van der Waals surface area contributed by atoms with Gasteiger partial charge < -0.3 is 9.30 Å². The monoisotopic (exact) mass is 379 g/mol. The van der Waals surface area contributed by atoms with E-state index in [4.69, 9.17) is 0 Å². The van der Waals surface area contributed by atoms with Gasteiger partial charge in [0, 0.05) is 37.8 Å². The lowest BCUT2D eigenvalue weighted by Gasteiger charge is -2.31. The molecule has 28 heavy (non-hydrogen) atoms. The molecule has 1 unspecified atom stereocenters. The van der Waals surface area contributed by atoms with Crippen LogP contribution in [0.2, 0.25) is 0 Å². The molecule has 0 spiro atoms. The molecule has 0 aliphatic carbocycles. The van der Waals surface area contributed by atoms with Crippen molar-refractivity contribution in [1.29, 1.82) is 0 Å². The Kier molecular flexibility index (Phi) is 5.16. The fourth-order valence-corrected chi connectivity index (χ4v) is 4.05. The molecule has 0 saturated carbocycles. The van der Waals surface area contributed by atoms with E-state index in [1.54, 1.807) is 18.3 Å². The minimum Gasteiger partial charge on any atom is -0.343 e. The van der Waals surface area contributed by atoms with Crippen molar-refractivity contribution in [3.63, 3.8) is 0 Å². The second-order valence-corrected chi connectivity index (χ2v) is 7.96. The molecule has 5 heteroatoms. The lowest BCUT2D eigenvalue weighted by Crippen LogP contribution is -2.38. The number of amides is 1. The Balaban J connectivity index is 1.70. The van der Waals surface area contributed by atoms with E-state index in [1.165, 1.54) is 6.07 Å². The maximum Gasteiger partial charge on any atom is 0.223 e. The molecule has 0 bridgehead atoms. The number of piperidine rings is 1. The molecule has 0 N–H and O–H groups in total. The zero-order chi connectivity index (χ0) is 19.7. The van der Waals surface area contributed by atoms with Crippen LogP contribution in [-0.4, -0.2) is 33.3 Å². The Morgan fingerprint density at radius 1 is 1.25 bits per heavy atom. The van der Waals surface area contributed by atoms with Crippen molar-refractivity contribution in [2.45, 2.75) is 39.0 Å². The van der Waals surface area contributed by atoms with Gasteiger partial charge in [-0.1, -0.05) is 25.1 Å². The van der Waals surface area contributed by atoms with Crippen LogP contribution >= 0.6 is 0 Å². The first kappa shape index (κ1) is 18.7. The number of halogens is 1. The van der Waals surface area contributed by atoms with E-state index in [-0.39, 0.29) is 24.1 Å². The summed E-state index contributed by atoms with van der Waals surface area (Å²) >= 11 is 0. The van der Waals surface area contributed by atoms with Crippen molar-refractivity contribution in [3.05, 3.63) is 71.4 Å². The average Bonchev–Trinajstić information content (AvgIpc) is 3.10. The molecule has 1 aliphatic heterocycles. The van der Waals surface area contributed by atoms with Crippen LogP contribution in [0.1, 0.15) is 48.9 Å². The summed E-state index contributed by atoms with van der Waals surface area (Å²) in [5.74, 6) is 0.0935. The van der Waals surface area contributed by atoms with E-state index in [2.05, 4.69) is 11.9 Å². The number of aryl methyl sites for hydroxylation is 1. The number of carbonyl (C=O) groups is 1. The number of carbonyl (C=O) groups excluding carboxylic acids is 1. The molecule has 1 aromatic carbocycles. The number of aromatic nitrogens is 2. The van der Waals surface area contributed by atoms with E-state index >= 15 is 0 Å². The van der Waals surface area contributed by atoms with Crippen molar-refractivity contribution >= 4 is 11.6 Å². The van der Waals surface area contributed by atoms with Gasteiger partial charge in [0.25, 0.3) is 0 Å². The third-order valence-electron chi connectivity index (χ3n) is 5.85. The number of fused-ring (bicyclic) bond motifs is 1. The number of hydrogen-bond donors (Lipinski definition) is 0. The topological polar surface area (TPSA) is 37.6 Å². The Bertz CT molecular complexity index is 988. The first-order valence-electron chi connectivity index (χ1n) is 9.98. The highest BCUT2D eigenvalue weighted by atomic mass is 19.1. The predicted molar refractivity (Wildman–Crippen MR) is 108 cm³/mol. The van der Waals surface area contributed by atoms with E-state index < -0.39 is 0 Å². The number of likely N-dealkylation sites (tertiary alicyclic amines) is 1. The summed E-state index contributed by atoms with van der Waals surface area (Å²) in [6.07, 6.45) is 6.04. The number of imidazole rings is 1. The zero-order valence-electron chi connectivity index (χ0n) is 16.4. The molecule has 4 nitrogen and oxygen atoms in total. The highest BCUT2D eigenvalue weighted by molar-refractivity contribution is 5.78. The van der Waals surface area contributed by atoms with Crippen molar-refractivity contribution in [2.75, 3.05) is 13.1 Å². The molecule has 1 saturated heterocycles. The van der Waals surface area contributed by atoms with Crippen molar-refractivity contribution in [2.24, 2.45) is 5.92 Å². The van der Waals surface area contributed by atoms with Crippen LogP contribution in [0.3, 0.4) is 0 Å². The highest BCUT2D eigenvalue weighted by Gasteiger charge is 2.28. The summed E-state index contributed by atoms with van der Waals surface area (Å²) in [5, 5.41) is 0. The molecular formula is C23H26FN3O. The molecule has 1 aliphatic rings. The summed E-state index contributed by atoms with van der Waals surface area (Å²) in [6.45, 7) is 5.82. The number of pyridine rings is 1. The van der Waals surface area contributed by atoms with Crippen LogP contribution in [-0.2, 0) is 4.79 Å². The van der Waals surface area contributed by atoms with Gasteiger partial charge in [0.15, 0.2) is 0 Å². The van der Waals surface area contributed by atoms with Crippen LogP contribution in [0, 0.1) is 18.7 Å². The van der Waals surface area contributed by atoms with Gasteiger partial charge in [0.2, 0.25) is 5.91 Å². The van der Waals surface area contributed by atoms with E-state index in [1.807, 2.05) is 40.6 Å². The predicted octanol–water partition coefficient (Wildman–Crippen LogP) is 4.56. The van der Waals surface area contributed by atoms with Gasteiger partial charge in [-0.3, -0.25) is 4.79 Å². The molecule has 146 valence electrons. The fraction of sp³-hybridized carbons (Fsp3) is 0.391. The minimum atomic E-state index is -0.370. The van der Waals surface area contributed by atoms with Gasteiger partial charge in [-0.15, -0.1) is 0 Å². The second kappa shape index (κ2) is 7.74. The lowest BCUT2D eigenvalue weighted by molar-refractivity contribution is -0.132. The molecular weight excluding hydrogens is 353 g/mol. The molecule has 3 aromatic rings. The van der Waals surface area contributed by atoms with Crippen LogP contribution in [0.25, 0.3) is 5.65 Å². The summed E-state index contributed by atoms with van der Waals surface area (Å²) < 4.78 is 16.7. The molecule has 2 aromatic heterocycles. The lowest BCUT2D eigenvalue weighted by atomic mass is 9.90. The molecule has 0 radical (unpaired) electrons. The van der Waals surface area contributed by atoms with Crippen LogP contribution in [0.15, 0.2) is 48.8 Å². The molecule has 1 amide bonds. The Morgan fingerprint density at radius 3 is 2.75 bits per heavy atom. The first-order chi connectivity index (χ1) is 13.5. The average molecular weight is 379 g/mol. The van der Waals surface area contributed by atoms with E-state index in [0.29, 0.717) is 11.5 Å². The van der Waals surface area contributed by atoms with Crippen molar-refractivity contribution in [3.8, 4) is 0 Å². The number of rotatable bonds is 4. The Hall–Kier alpha value is -2.69. The smallest absolute Gasteiger partial charge is 0.223 e. The Labute approximate surface area is 165 Å². The maximum absolute atomic E-state index is 14.7. The van der Waals surface area contributed by atoms with Crippen LogP contribution in [0.4, 0.5) is 4.39 Å². The first-order valence-corrected chi connectivity index (χ1v) is 9.98. The summed E-state index contributed by atoms with van der Waals surface area (Å²) in [5.41, 5.74) is 3.32. The van der Waals surface area contributed by atoms with Crippen LogP contribution in [0.5, 0.6) is 0 Å². The number of hydrogen-bond acceptors (Lipinski definition) is 2. The SMILES string of the molecule is Cc1ccn2c(C(CC(=O)N3CCC(C)CC3)c3ccccc3F)cnc2c1. The van der Waals surface area contributed by atoms with Gasteiger partial charge >= 0.3 is 0 Å². The molecule has 3 heterocycles. The number of nitrogens with zero attached hydrogens (tertiary/aromatic N) is 3. The van der Waals surface area contributed by atoms with Crippen LogP contribution < -0.4 is 0 Å². The van der Waals surface area contributed by atoms with Gasteiger partial charge in [-0.05, 0) is 55.0 Å². The molecule has 1 fully saturated rings. The summed E-state index contributed by atoms with van der Waals surface area (Å²) in [6, 6.07) is 10.7.